The maximum atomic E-state index is 12.3. The largest absolute Gasteiger partial charge is 0.379 e. The highest BCUT2D eigenvalue weighted by Crippen LogP contribution is 2.23. The second kappa shape index (κ2) is 4.92. The van der Waals surface area contributed by atoms with Crippen LogP contribution in [-0.4, -0.2) is 68.2 Å². The molecule has 2 fully saturated rings. The zero-order valence-corrected chi connectivity index (χ0v) is 10.9. The molecule has 4 atom stereocenters. The van der Waals surface area contributed by atoms with Gasteiger partial charge in [0.15, 0.2) is 0 Å². The van der Waals surface area contributed by atoms with Gasteiger partial charge in [0.1, 0.15) is 0 Å². The van der Waals surface area contributed by atoms with Crippen LogP contribution in [0.4, 0.5) is 0 Å². The van der Waals surface area contributed by atoms with E-state index < -0.39 is 0 Å². The molecule has 0 aliphatic carbocycles. The number of amides is 1. The molecular formula is C12H23N3O2. The molecule has 0 radical (unpaired) electrons. The fourth-order valence-corrected chi connectivity index (χ4v) is 2.86. The lowest BCUT2D eigenvalue weighted by atomic mass is 10.0. The fraction of sp³-hybridized carbons (Fsp3) is 0.917. The number of hydrogen-bond donors (Lipinski definition) is 1. The van der Waals surface area contributed by atoms with Gasteiger partial charge in [0.05, 0.1) is 19.1 Å². The van der Waals surface area contributed by atoms with Gasteiger partial charge in [-0.25, -0.2) is 0 Å². The van der Waals surface area contributed by atoms with Crippen LogP contribution in [0.25, 0.3) is 0 Å². The van der Waals surface area contributed by atoms with Crippen molar-refractivity contribution in [1.29, 1.82) is 0 Å². The Hall–Kier alpha value is -0.650. The zero-order chi connectivity index (χ0) is 12.6. The molecule has 2 aliphatic heterocycles. The first-order valence-electron chi connectivity index (χ1n) is 6.29. The van der Waals surface area contributed by atoms with Gasteiger partial charge in [-0.3, -0.25) is 4.79 Å². The normalized spacial score (nSPS) is 38.1. The first-order chi connectivity index (χ1) is 8.00. The molecule has 1 amide bonds. The molecule has 0 spiro atoms. The van der Waals surface area contributed by atoms with Crippen LogP contribution >= 0.6 is 0 Å². The topological polar surface area (TPSA) is 58.8 Å². The minimum atomic E-state index is -0.136. The lowest BCUT2D eigenvalue weighted by molar-refractivity contribution is -0.134. The molecule has 5 nitrogen and oxygen atoms in total. The molecule has 2 aliphatic rings. The van der Waals surface area contributed by atoms with Crippen molar-refractivity contribution in [2.75, 3.05) is 40.4 Å². The summed E-state index contributed by atoms with van der Waals surface area (Å²) in [5.74, 6) is 0.557. The average Bonchev–Trinajstić information content (AvgIpc) is 2.83. The summed E-state index contributed by atoms with van der Waals surface area (Å²) in [7, 11) is 4.14. The standard InChI is InChI=1S/C12H23N3O2/c1-8-4-15(5-11(8)14(2)3)12(16)9-6-17-7-10(9)13/h8-11H,4-7,13H2,1-3H3. The van der Waals surface area contributed by atoms with E-state index in [1.165, 1.54) is 0 Å². The molecule has 2 N–H and O–H groups in total. The van der Waals surface area contributed by atoms with Gasteiger partial charge in [0.2, 0.25) is 5.91 Å². The van der Waals surface area contributed by atoms with E-state index in [0.29, 0.717) is 25.2 Å². The second-order valence-corrected chi connectivity index (χ2v) is 5.56. The predicted octanol–water partition coefficient (Wildman–Crippen LogP) is -0.631. The third-order valence-corrected chi connectivity index (χ3v) is 3.99. The van der Waals surface area contributed by atoms with Crippen molar-refractivity contribution in [3.63, 3.8) is 0 Å². The van der Waals surface area contributed by atoms with Crippen molar-refractivity contribution < 1.29 is 9.53 Å². The molecule has 0 saturated carbocycles. The Balaban J connectivity index is 1.98. The molecular weight excluding hydrogens is 218 g/mol. The molecule has 0 bridgehead atoms. The van der Waals surface area contributed by atoms with Crippen LogP contribution in [0.1, 0.15) is 6.92 Å². The Bertz CT molecular complexity index is 295. The lowest BCUT2D eigenvalue weighted by Gasteiger charge is -2.24. The number of carbonyl (C=O) groups is 1. The minimum Gasteiger partial charge on any atom is -0.379 e. The Morgan fingerprint density at radius 3 is 2.53 bits per heavy atom. The maximum Gasteiger partial charge on any atom is 0.229 e. The number of hydrogen-bond acceptors (Lipinski definition) is 4. The quantitative estimate of drug-likeness (QED) is 0.699. The monoisotopic (exact) mass is 241 g/mol. The van der Waals surface area contributed by atoms with E-state index in [1.54, 1.807) is 0 Å². The Morgan fingerprint density at radius 1 is 1.35 bits per heavy atom. The van der Waals surface area contributed by atoms with E-state index in [-0.39, 0.29) is 17.9 Å². The van der Waals surface area contributed by atoms with Crippen LogP contribution in [0.3, 0.4) is 0 Å². The van der Waals surface area contributed by atoms with Crippen LogP contribution in [0.5, 0.6) is 0 Å². The molecule has 0 aromatic carbocycles. The highest BCUT2D eigenvalue weighted by Gasteiger charge is 2.39. The summed E-state index contributed by atoms with van der Waals surface area (Å²) in [5, 5.41) is 0. The smallest absolute Gasteiger partial charge is 0.229 e. The van der Waals surface area contributed by atoms with Gasteiger partial charge < -0.3 is 20.3 Å². The lowest BCUT2D eigenvalue weighted by Crippen LogP contribution is -2.43. The van der Waals surface area contributed by atoms with E-state index in [1.807, 2.05) is 4.90 Å². The summed E-state index contributed by atoms with van der Waals surface area (Å²) >= 11 is 0. The molecule has 2 rings (SSSR count). The highest BCUT2D eigenvalue weighted by atomic mass is 16.5. The highest BCUT2D eigenvalue weighted by molar-refractivity contribution is 5.80. The first-order valence-corrected chi connectivity index (χ1v) is 6.29. The summed E-state index contributed by atoms with van der Waals surface area (Å²) in [6, 6.07) is 0.328. The Kier molecular flexibility index (Phi) is 3.70. The van der Waals surface area contributed by atoms with E-state index in [0.717, 1.165) is 13.1 Å². The third kappa shape index (κ3) is 2.46. The fourth-order valence-electron chi connectivity index (χ4n) is 2.86. The summed E-state index contributed by atoms with van der Waals surface area (Å²) in [6.45, 7) is 4.85. The van der Waals surface area contributed by atoms with Gasteiger partial charge in [0, 0.05) is 25.2 Å². The van der Waals surface area contributed by atoms with Crippen molar-refractivity contribution in [2.45, 2.75) is 19.0 Å². The van der Waals surface area contributed by atoms with Crippen molar-refractivity contribution >= 4 is 5.91 Å². The Morgan fingerprint density at radius 2 is 2.06 bits per heavy atom. The third-order valence-electron chi connectivity index (χ3n) is 3.99. The van der Waals surface area contributed by atoms with Gasteiger partial charge in [-0.15, -0.1) is 0 Å². The summed E-state index contributed by atoms with van der Waals surface area (Å²) in [4.78, 5) is 16.5. The molecule has 2 saturated heterocycles. The Labute approximate surface area is 103 Å². The predicted molar refractivity (Wildman–Crippen MR) is 65.5 cm³/mol. The molecule has 0 aromatic rings. The molecule has 5 heteroatoms. The number of likely N-dealkylation sites (N-methyl/N-ethyl adjacent to an activating group) is 1. The molecule has 2 heterocycles. The zero-order valence-electron chi connectivity index (χ0n) is 10.9. The van der Waals surface area contributed by atoms with Crippen LogP contribution in [0.15, 0.2) is 0 Å². The molecule has 17 heavy (non-hydrogen) atoms. The average molecular weight is 241 g/mol. The summed E-state index contributed by atoms with van der Waals surface area (Å²) < 4.78 is 5.27. The van der Waals surface area contributed by atoms with Crippen molar-refractivity contribution in [3.8, 4) is 0 Å². The van der Waals surface area contributed by atoms with E-state index in [9.17, 15) is 4.79 Å². The number of rotatable bonds is 2. The summed E-state index contributed by atoms with van der Waals surface area (Å²) in [5.41, 5.74) is 5.89. The van der Waals surface area contributed by atoms with Gasteiger partial charge in [-0.2, -0.15) is 0 Å². The van der Waals surface area contributed by atoms with E-state index in [2.05, 4.69) is 25.9 Å². The SMILES string of the molecule is CC1CN(C(=O)C2COCC2N)CC1N(C)C. The maximum absolute atomic E-state index is 12.3. The van der Waals surface area contributed by atoms with Gasteiger partial charge in [-0.1, -0.05) is 6.92 Å². The van der Waals surface area contributed by atoms with Gasteiger partial charge >= 0.3 is 0 Å². The van der Waals surface area contributed by atoms with Crippen molar-refractivity contribution in [1.82, 2.24) is 9.80 Å². The van der Waals surface area contributed by atoms with Crippen LogP contribution in [-0.2, 0) is 9.53 Å². The first kappa shape index (κ1) is 12.8. The van der Waals surface area contributed by atoms with Crippen molar-refractivity contribution in [3.05, 3.63) is 0 Å². The van der Waals surface area contributed by atoms with E-state index >= 15 is 0 Å². The number of carbonyl (C=O) groups excluding carboxylic acids is 1. The number of nitrogens with zero attached hydrogens (tertiary/aromatic N) is 2. The summed E-state index contributed by atoms with van der Waals surface area (Å²) in [6.07, 6.45) is 0. The van der Waals surface area contributed by atoms with Gasteiger partial charge in [0.25, 0.3) is 0 Å². The number of ether oxygens (including phenoxy) is 1. The second-order valence-electron chi connectivity index (χ2n) is 5.56. The molecule has 98 valence electrons. The van der Waals surface area contributed by atoms with Crippen LogP contribution in [0, 0.1) is 11.8 Å². The molecule has 4 unspecified atom stereocenters. The van der Waals surface area contributed by atoms with E-state index in [4.69, 9.17) is 10.5 Å². The van der Waals surface area contributed by atoms with Crippen molar-refractivity contribution in [2.24, 2.45) is 17.6 Å². The van der Waals surface area contributed by atoms with Crippen LogP contribution < -0.4 is 5.73 Å². The number of nitrogens with two attached hydrogens (primary N) is 1. The van der Waals surface area contributed by atoms with Gasteiger partial charge in [-0.05, 0) is 20.0 Å². The molecule has 0 aromatic heterocycles. The van der Waals surface area contributed by atoms with Crippen LogP contribution in [0.2, 0.25) is 0 Å². The number of likely N-dealkylation sites (tertiary alicyclic amines) is 1. The minimum absolute atomic E-state index is 0.129.